The van der Waals surface area contributed by atoms with Gasteiger partial charge in [0.05, 0.1) is 5.52 Å². The Hall–Kier alpha value is -2.26. The van der Waals surface area contributed by atoms with Gasteiger partial charge in [-0.2, -0.15) is 0 Å². The third-order valence-corrected chi connectivity index (χ3v) is 4.44. The number of nitrogens with zero attached hydrogens (tertiary/aromatic N) is 2. The fourth-order valence-electron chi connectivity index (χ4n) is 2.97. The number of rotatable bonds is 5. The molecule has 4 heteroatoms. The van der Waals surface area contributed by atoms with Gasteiger partial charge < -0.3 is 9.88 Å². The maximum Gasteiger partial charge on any atom is 0.150 e. The molecule has 3 rings (SSSR count). The van der Waals surface area contributed by atoms with Crippen molar-refractivity contribution in [3.8, 4) is 0 Å². The van der Waals surface area contributed by atoms with Crippen molar-refractivity contribution in [1.29, 1.82) is 0 Å². The van der Waals surface area contributed by atoms with Gasteiger partial charge >= 0.3 is 0 Å². The number of hydrogen-bond acceptors (Lipinski definition) is 2. The van der Waals surface area contributed by atoms with Gasteiger partial charge in [0.15, 0.2) is 5.82 Å². The fourth-order valence-corrected chi connectivity index (χ4v) is 2.97. The molecule has 0 saturated carbocycles. The summed E-state index contributed by atoms with van der Waals surface area (Å²) < 4.78 is 2.28. The van der Waals surface area contributed by atoms with E-state index in [9.17, 15) is 0 Å². The minimum absolute atomic E-state index is 0. The highest BCUT2D eigenvalue weighted by molar-refractivity contribution is 5.93. The summed E-state index contributed by atoms with van der Waals surface area (Å²) in [4.78, 5) is 4.57. The van der Waals surface area contributed by atoms with E-state index in [1.165, 1.54) is 27.8 Å². The fraction of sp³-hybridized carbons (Fsp3) is 0.250. The van der Waals surface area contributed by atoms with E-state index >= 15 is 0 Å². The summed E-state index contributed by atoms with van der Waals surface area (Å²) in [6.07, 6.45) is 3.81. The molecule has 3 nitrogen and oxygen atoms in total. The number of aromatic nitrogens is 2. The summed E-state index contributed by atoms with van der Waals surface area (Å²) in [5.41, 5.74) is 6.27. The van der Waals surface area contributed by atoms with Gasteiger partial charge in [-0.25, -0.2) is 4.98 Å². The first-order chi connectivity index (χ1) is 11.1. The highest BCUT2D eigenvalue weighted by Crippen LogP contribution is 2.29. The quantitative estimate of drug-likeness (QED) is 0.648. The molecule has 0 aliphatic heterocycles. The van der Waals surface area contributed by atoms with Crippen molar-refractivity contribution in [2.45, 2.75) is 33.9 Å². The average Bonchev–Trinajstić information content (AvgIpc) is 2.80. The Balaban J connectivity index is 0.00000208. The van der Waals surface area contributed by atoms with E-state index < -0.39 is 0 Å². The molecule has 1 N–H and O–H groups in total. The zero-order chi connectivity index (χ0) is 16.4. The monoisotopic (exact) mass is 341 g/mol. The van der Waals surface area contributed by atoms with Crippen LogP contribution in [0.4, 0.5) is 5.82 Å². The van der Waals surface area contributed by atoms with Crippen LogP contribution in [0.25, 0.3) is 10.9 Å². The molecule has 0 saturated heterocycles. The van der Waals surface area contributed by atoms with Crippen LogP contribution < -0.4 is 5.32 Å². The molecular formula is C20H24ClN3. The lowest BCUT2D eigenvalue weighted by Crippen LogP contribution is -2.05. The number of hydrogen-bond donors (Lipinski definition) is 1. The van der Waals surface area contributed by atoms with Gasteiger partial charge in [0.2, 0.25) is 0 Å². The van der Waals surface area contributed by atoms with Crippen molar-refractivity contribution >= 4 is 29.1 Å². The Morgan fingerprint density at radius 3 is 2.50 bits per heavy atom. The minimum atomic E-state index is 0. The smallest absolute Gasteiger partial charge is 0.150 e. The molecule has 0 spiro atoms. The summed E-state index contributed by atoms with van der Waals surface area (Å²) in [6.45, 7) is 11.9. The van der Waals surface area contributed by atoms with Gasteiger partial charge in [-0.05, 0) is 38.0 Å². The molecule has 3 aromatic rings. The van der Waals surface area contributed by atoms with Crippen molar-refractivity contribution in [1.82, 2.24) is 9.55 Å². The molecule has 0 unspecified atom stereocenters. The van der Waals surface area contributed by atoms with Gasteiger partial charge in [0.25, 0.3) is 0 Å². The molecule has 2 heterocycles. The number of fused-ring (bicyclic) bond motifs is 1. The zero-order valence-electron chi connectivity index (χ0n) is 14.5. The highest BCUT2D eigenvalue weighted by atomic mass is 35.5. The van der Waals surface area contributed by atoms with E-state index in [2.05, 4.69) is 72.5 Å². The van der Waals surface area contributed by atoms with Gasteiger partial charge in [0.1, 0.15) is 0 Å². The molecule has 0 radical (unpaired) electrons. The largest absolute Gasteiger partial charge is 0.364 e. The van der Waals surface area contributed by atoms with Crippen molar-refractivity contribution in [3.05, 3.63) is 71.6 Å². The van der Waals surface area contributed by atoms with Crippen LogP contribution in [0.5, 0.6) is 0 Å². The lowest BCUT2D eigenvalue weighted by molar-refractivity contribution is 0.822. The average molecular weight is 342 g/mol. The molecule has 126 valence electrons. The van der Waals surface area contributed by atoms with Crippen molar-refractivity contribution in [2.24, 2.45) is 0 Å². The standard InChI is InChI=1S/C20H23N3.ClH/c1-5-12-23-16(4)15(3)18-10-11-21-20(19(18)23)22-13-17-8-6-14(2)7-9-17;/h5-11H,1,12-13H2,2-4H3,(H,21,22);1H. The Morgan fingerprint density at radius 1 is 1.12 bits per heavy atom. The molecule has 0 aliphatic rings. The predicted molar refractivity (Wildman–Crippen MR) is 105 cm³/mol. The van der Waals surface area contributed by atoms with Gasteiger partial charge in [-0.15, -0.1) is 19.0 Å². The highest BCUT2D eigenvalue weighted by Gasteiger charge is 2.14. The van der Waals surface area contributed by atoms with E-state index in [1.54, 1.807) is 0 Å². The minimum Gasteiger partial charge on any atom is -0.364 e. The molecule has 1 aromatic carbocycles. The maximum atomic E-state index is 4.57. The first-order valence-electron chi connectivity index (χ1n) is 7.96. The third kappa shape index (κ3) is 3.31. The van der Waals surface area contributed by atoms with Crippen LogP contribution in [-0.4, -0.2) is 9.55 Å². The summed E-state index contributed by atoms with van der Waals surface area (Å²) in [6, 6.07) is 10.7. The molecule has 0 atom stereocenters. The van der Waals surface area contributed by atoms with Gasteiger partial charge in [0, 0.05) is 30.4 Å². The van der Waals surface area contributed by atoms with Gasteiger partial charge in [-0.3, -0.25) is 0 Å². The summed E-state index contributed by atoms with van der Waals surface area (Å²) >= 11 is 0. The Bertz CT molecular complexity index is 847. The van der Waals surface area contributed by atoms with E-state index in [4.69, 9.17) is 0 Å². The van der Waals surface area contributed by atoms with Crippen LogP contribution in [0.15, 0.2) is 49.2 Å². The molecule has 0 aliphatic carbocycles. The summed E-state index contributed by atoms with van der Waals surface area (Å²) in [5, 5.41) is 4.75. The van der Waals surface area contributed by atoms with Crippen molar-refractivity contribution in [3.63, 3.8) is 0 Å². The second kappa shape index (κ2) is 7.54. The molecule has 0 bridgehead atoms. The van der Waals surface area contributed by atoms with Crippen LogP contribution in [0, 0.1) is 20.8 Å². The second-order valence-electron chi connectivity index (χ2n) is 6.00. The number of benzene rings is 1. The van der Waals surface area contributed by atoms with E-state index in [0.29, 0.717) is 0 Å². The number of pyridine rings is 1. The van der Waals surface area contributed by atoms with Crippen molar-refractivity contribution < 1.29 is 0 Å². The Labute approximate surface area is 149 Å². The predicted octanol–water partition coefficient (Wildman–Crippen LogP) is 5.18. The lowest BCUT2D eigenvalue weighted by Gasteiger charge is -2.11. The number of halogens is 1. The van der Waals surface area contributed by atoms with Crippen LogP contribution >= 0.6 is 12.4 Å². The van der Waals surface area contributed by atoms with Crippen LogP contribution in [0.1, 0.15) is 22.4 Å². The second-order valence-corrected chi connectivity index (χ2v) is 6.00. The molecule has 2 aromatic heterocycles. The van der Waals surface area contributed by atoms with Crippen molar-refractivity contribution in [2.75, 3.05) is 5.32 Å². The van der Waals surface area contributed by atoms with E-state index in [1.807, 2.05) is 12.3 Å². The Kier molecular flexibility index (Phi) is 5.68. The lowest BCUT2D eigenvalue weighted by atomic mass is 10.1. The van der Waals surface area contributed by atoms with Crippen LogP contribution in [-0.2, 0) is 13.1 Å². The molecular weight excluding hydrogens is 318 g/mol. The third-order valence-electron chi connectivity index (χ3n) is 4.44. The molecule has 0 fully saturated rings. The number of anilines is 1. The first-order valence-corrected chi connectivity index (χ1v) is 7.96. The topological polar surface area (TPSA) is 29.9 Å². The molecule has 24 heavy (non-hydrogen) atoms. The first kappa shape index (κ1) is 18.1. The van der Waals surface area contributed by atoms with E-state index in [-0.39, 0.29) is 12.4 Å². The van der Waals surface area contributed by atoms with E-state index in [0.717, 1.165) is 24.4 Å². The summed E-state index contributed by atoms with van der Waals surface area (Å²) in [5.74, 6) is 0.932. The van der Waals surface area contributed by atoms with Crippen LogP contribution in [0.3, 0.4) is 0 Å². The SMILES string of the molecule is C=CCn1c(C)c(C)c2ccnc(NCc3ccc(C)cc3)c21.Cl. The maximum absolute atomic E-state index is 4.57. The van der Waals surface area contributed by atoms with Gasteiger partial charge in [-0.1, -0.05) is 35.9 Å². The summed E-state index contributed by atoms with van der Waals surface area (Å²) in [7, 11) is 0. The number of aryl methyl sites for hydroxylation is 2. The number of nitrogens with one attached hydrogen (secondary N) is 1. The normalized spacial score (nSPS) is 10.5. The molecule has 0 amide bonds. The Morgan fingerprint density at radius 2 is 1.83 bits per heavy atom. The van der Waals surface area contributed by atoms with Crippen LogP contribution in [0.2, 0.25) is 0 Å². The number of allylic oxidation sites excluding steroid dienone is 1. The zero-order valence-corrected chi connectivity index (χ0v) is 15.3.